The monoisotopic (exact) mass is 347 g/mol. The van der Waals surface area contributed by atoms with Crippen LogP contribution in [0, 0.1) is 12.8 Å². The lowest BCUT2D eigenvalue weighted by Gasteiger charge is -2.16. The molecule has 4 rings (SSSR count). The fourth-order valence-corrected chi connectivity index (χ4v) is 3.44. The van der Waals surface area contributed by atoms with E-state index in [9.17, 15) is 5.11 Å². The molecule has 1 unspecified atom stereocenters. The van der Waals surface area contributed by atoms with Crippen LogP contribution in [0.2, 0.25) is 5.02 Å². The summed E-state index contributed by atoms with van der Waals surface area (Å²) >= 11 is 5.89. The molecular weight excluding hydrogens is 330 g/mol. The summed E-state index contributed by atoms with van der Waals surface area (Å²) < 4.78 is 3.33. The summed E-state index contributed by atoms with van der Waals surface area (Å²) in [5, 5.41) is 27.1. The highest BCUT2D eigenvalue weighted by Gasteiger charge is 2.33. The molecule has 0 bridgehead atoms. The Labute approximate surface area is 143 Å². The highest BCUT2D eigenvalue weighted by Crippen LogP contribution is 2.29. The third-order valence-electron chi connectivity index (χ3n) is 4.32. The van der Waals surface area contributed by atoms with Gasteiger partial charge >= 0.3 is 0 Å². The number of aromatic nitrogens is 6. The summed E-state index contributed by atoms with van der Waals surface area (Å²) in [4.78, 5) is 4.25. The minimum Gasteiger partial charge on any atom is -0.391 e. The van der Waals surface area contributed by atoms with Gasteiger partial charge in [-0.2, -0.15) is 5.10 Å². The van der Waals surface area contributed by atoms with Crippen LogP contribution in [-0.4, -0.2) is 46.8 Å². The van der Waals surface area contributed by atoms with Crippen LogP contribution in [0.4, 0.5) is 5.82 Å². The van der Waals surface area contributed by atoms with Crippen LogP contribution in [0.25, 0.3) is 5.65 Å². The number of fused-ring (bicyclic) bond motifs is 1. The number of aliphatic hydroxyl groups is 1. The van der Waals surface area contributed by atoms with Gasteiger partial charge in [0.25, 0.3) is 0 Å². The molecular formula is C15H18ClN7O. The van der Waals surface area contributed by atoms with Gasteiger partial charge in [-0.05, 0) is 37.8 Å². The van der Waals surface area contributed by atoms with Crippen LogP contribution in [0.5, 0.6) is 0 Å². The molecule has 1 fully saturated rings. The Balaban J connectivity index is 1.43. The lowest BCUT2D eigenvalue weighted by Crippen LogP contribution is -2.28. The second-order valence-corrected chi connectivity index (χ2v) is 6.70. The summed E-state index contributed by atoms with van der Waals surface area (Å²) in [7, 11) is 0. The molecule has 0 aromatic carbocycles. The fourth-order valence-electron chi connectivity index (χ4n) is 3.28. The number of aryl methyl sites for hydroxylation is 1. The number of nitrogens with one attached hydrogen (secondary N) is 1. The quantitative estimate of drug-likeness (QED) is 0.743. The Kier molecular flexibility index (Phi) is 3.85. The first-order valence-corrected chi connectivity index (χ1v) is 8.28. The lowest BCUT2D eigenvalue weighted by molar-refractivity contribution is 0.165. The van der Waals surface area contributed by atoms with E-state index >= 15 is 0 Å². The minimum absolute atomic E-state index is 0.0457. The molecule has 126 valence electrons. The zero-order valence-electron chi connectivity index (χ0n) is 13.2. The lowest BCUT2D eigenvalue weighted by atomic mass is 10.1. The molecule has 3 aromatic rings. The maximum Gasteiger partial charge on any atom is 0.176 e. The smallest absolute Gasteiger partial charge is 0.176 e. The Bertz CT molecular complexity index is 861. The average Bonchev–Trinajstić information content (AvgIpc) is 3.19. The Morgan fingerprint density at radius 3 is 3.00 bits per heavy atom. The van der Waals surface area contributed by atoms with E-state index in [4.69, 9.17) is 11.6 Å². The van der Waals surface area contributed by atoms with Crippen molar-refractivity contribution in [2.45, 2.75) is 38.5 Å². The molecule has 3 atom stereocenters. The summed E-state index contributed by atoms with van der Waals surface area (Å²) in [5.41, 5.74) is 0.707. The standard InChI is InChI=1S/C15H18ClN7O/c1-9-18-15-3-2-14(21-23(15)20-9)19-12-4-10(5-13(12)24)7-22-8-11(16)6-17-22/h2-3,6,8,10,12-13,24H,4-5,7H2,1H3,(H,19,21)/t10?,12-,13-/m1/s1. The van der Waals surface area contributed by atoms with Gasteiger partial charge in [-0.3, -0.25) is 4.68 Å². The number of anilines is 1. The molecule has 0 aliphatic heterocycles. The van der Waals surface area contributed by atoms with Crippen molar-refractivity contribution >= 4 is 23.1 Å². The molecule has 0 spiro atoms. The van der Waals surface area contributed by atoms with Gasteiger partial charge in [0.1, 0.15) is 11.6 Å². The molecule has 2 N–H and O–H groups in total. The van der Waals surface area contributed by atoms with E-state index in [1.165, 1.54) is 4.63 Å². The SMILES string of the molecule is Cc1nc2ccc(N[C@@H]3CC(Cn4cc(Cl)cn4)C[C@H]3O)nn2n1. The van der Waals surface area contributed by atoms with Crippen molar-refractivity contribution < 1.29 is 5.11 Å². The van der Waals surface area contributed by atoms with Crippen LogP contribution < -0.4 is 5.32 Å². The van der Waals surface area contributed by atoms with E-state index in [2.05, 4.69) is 25.6 Å². The van der Waals surface area contributed by atoms with Gasteiger partial charge in [-0.15, -0.1) is 14.8 Å². The molecule has 0 amide bonds. The molecule has 0 saturated heterocycles. The molecule has 1 aliphatic rings. The second kappa shape index (κ2) is 6.03. The molecule has 9 heteroatoms. The molecule has 24 heavy (non-hydrogen) atoms. The predicted molar refractivity (Wildman–Crippen MR) is 88.9 cm³/mol. The van der Waals surface area contributed by atoms with E-state index in [-0.39, 0.29) is 6.04 Å². The highest BCUT2D eigenvalue weighted by molar-refractivity contribution is 6.30. The maximum absolute atomic E-state index is 10.3. The maximum atomic E-state index is 10.3. The first-order chi connectivity index (χ1) is 11.6. The van der Waals surface area contributed by atoms with E-state index in [0.29, 0.717) is 28.2 Å². The predicted octanol–water partition coefficient (Wildman–Crippen LogP) is 1.53. The highest BCUT2D eigenvalue weighted by atomic mass is 35.5. The van der Waals surface area contributed by atoms with E-state index in [0.717, 1.165) is 19.4 Å². The van der Waals surface area contributed by atoms with Gasteiger partial charge in [0, 0.05) is 12.7 Å². The van der Waals surface area contributed by atoms with Crippen molar-refractivity contribution in [2.24, 2.45) is 5.92 Å². The van der Waals surface area contributed by atoms with Gasteiger partial charge in [0.2, 0.25) is 0 Å². The summed E-state index contributed by atoms with van der Waals surface area (Å²) in [6, 6.07) is 3.67. The van der Waals surface area contributed by atoms with E-state index < -0.39 is 6.10 Å². The van der Waals surface area contributed by atoms with Crippen molar-refractivity contribution in [1.82, 2.24) is 29.6 Å². The van der Waals surface area contributed by atoms with Gasteiger partial charge in [-0.25, -0.2) is 4.98 Å². The van der Waals surface area contributed by atoms with E-state index in [1.807, 2.05) is 23.7 Å². The Morgan fingerprint density at radius 1 is 1.33 bits per heavy atom. The number of halogens is 1. The van der Waals surface area contributed by atoms with Gasteiger partial charge < -0.3 is 10.4 Å². The average molecular weight is 348 g/mol. The van der Waals surface area contributed by atoms with Gasteiger partial charge in [0.05, 0.1) is 23.4 Å². The topological polar surface area (TPSA) is 93.2 Å². The molecule has 3 heterocycles. The van der Waals surface area contributed by atoms with Crippen molar-refractivity contribution in [1.29, 1.82) is 0 Å². The Morgan fingerprint density at radius 2 is 2.21 bits per heavy atom. The summed E-state index contributed by atoms with van der Waals surface area (Å²) in [5.74, 6) is 1.70. The van der Waals surface area contributed by atoms with Crippen molar-refractivity contribution in [2.75, 3.05) is 5.32 Å². The summed E-state index contributed by atoms with van der Waals surface area (Å²) in [6.07, 6.45) is 4.57. The number of nitrogens with zero attached hydrogens (tertiary/aromatic N) is 6. The third kappa shape index (κ3) is 3.07. The Hall–Kier alpha value is -2.19. The minimum atomic E-state index is -0.420. The fraction of sp³-hybridized carbons (Fsp3) is 0.467. The number of hydrogen-bond donors (Lipinski definition) is 2. The van der Waals surface area contributed by atoms with Crippen molar-refractivity contribution in [3.8, 4) is 0 Å². The van der Waals surface area contributed by atoms with E-state index in [1.54, 1.807) is 12.4 Å². The second-order valence-electron chi connectivity index (χ2n) is 6.26. The summed E-state index contributed by atoms with van der Waals surface area (Å²) in [6.45, 7) is 2.57. The first kappa shape index (κ1) is 15.3. The zero-order chi connectivity index (χ0) is 16.7. The van der Waals surface area contributed by atoms with Gasteiger partial charge in [0.15, 0.2) is 5.65 Å². The number of rotatable bonds is 4. The van der Waals surface area contributed by atoms with Crippen LogP contribution >= 0.6 is 11.6 Å². The van der Waals surface area contributed by atoms with Crippen molar-refractivity contribution in [3.63, 3.8) is 0 Å². The number of hydrogen-bond acceptors (Lipinski definition) is 6. The van der Waals surface area contributed by atoms with Gasteiger partial charge in [-0.1, -0.05) is 11.6 Å². The largest absolute Gasteiger partial charge is 0.391 e. The van der Waals surface area contributed by atoms with Crippen molar-refractivity contribution in [3.05, 3.63) is 35.4 Å². The molecule has 8 nitrogen and oxygen atoms in total. The normalized spacial score (nSPS) is 23.9. The molecule has 3 aromatic heterocycles. The van der Waals surface area contributed by atoms with Crippen LogP contribution in [0.15, 0.2) is 24.5 Å². The van der Waals surface area contributed by atoms with Crippen LogP contribution in [-0.2, 0) is 6.54 Å². The third-order valence-corrected chi connectivity index (χ3v) is 4.52. The zero-order valence-corrected chi connectivity index (χ0v) is 13.9. The molecule has 1 aliphatic carbocycles. The first-order valence-electron chi connectivity index (χ1n) is 7.90. The van der Waals surface area contributed by atoms with Crippen LogP contribution in [0.3, 0.4) is 0 Å². The molecule has 0 radical (unpaired) electrons. The molecule has 1 saturated carbocycles. The van der Waals surface area contributed by atoms with Crippen LogP contribution in [0.1, 0.15) is 18.7 Å². The number of aliphatic hydroxyl groups excluding tert-OH is 1.